The third-order valence-electron chi connectivity index (χ3n) is 4.39. The first-order valence-electron chi connectivity index (χ1n) is 8.86. The Morgan fingerprint density at radius 3 is 2.93 bits per heavy atom. The van der Waals surface area contributed by atoms with Crippen LogP contribution in [-0.2, 0) is 13.1 Å². The van der Waals surface area contributed by atoms with E-state index in [1.807, 2.05) is 48.2 Å². The van der Waals surface area contributed by atoms with Crippen LogP contribution < -0.4 is 10.9 Å². The molecule has 2 aromatic heterocycles. The molecule has 142 valence electrons. The largest absolute Gasteiger partial charge is 0.467 e. The number of hydrogen-bond donors (Lipinski definition) is 3. The van der Waals surface area contributed by atoms with Crippen LogP contribution in [-0.4, -0.2) is 33.3 Å². The predicted molar refractivity (Wildman–Crippen MR) is 110 cm³/mol. The number of aromatic amines is 1. The highest BCUT2D eigenvalue weighted by molar-refractivity contribution is 7.80. The number of aryl methyl sites for hydroxylation is 1. The first-order valence-corrected chi connectivity index (χ1v) is 9.27. The second-order valence-corrected chi connectivity index (χ2v) is 6.79. The van der Waals surface area contributed by atoms with Gasteiger partial charge in [-0.15, -0.1) is 0 Å². The minimum absolute atomic E-state index is 0.0601. The lowest BCUT2D eigenvalue weighted by Gasteiger charge is -2.25. The fraction of sp³-hybridized carbons (Fsp3) is 0.300. The van der Waals surface area contributed by atoms with Gasteiger partial charge in [-0.1, -0.05) is 18.2 Å². The monoisotopic (exact) mass is 385 g/mol. The Hall–Kier alpha value is -2.64. The zero-order valence-electron chi connectivity index (χ0n) is 15.2. The number of nitrogens with one attached hydrogen (secondary N) is 2. The Morgan fingerprint density at radius 2 is 2.19 bits per heavy atom. The van der Waals surface area contributed by atoms with Crippen LogP contribution in [0, 0.1) is 6.92 Å². The zero-order chi connectivity index (χ0) is 19.2. The Labute approximate surface area is 162 Å². The summed E-state index contributed by atoms with van der Waals surface area (Å²) in [5, 5.41) is 13.9. The lowest BCUT2D eigenvalue weighted by molar-refractivity contribution is 0.264. The molecule has 0 radical (unpaired) electrons. The number of nitrogens with zero attached hydrogens (tertiary/aromatic N) is 1. The van der Waals surface area contributed by atoms with Crippen LogP contribution in [0.2, 0.25) is 0 Å². The van der Waals surface area contributed by atoms with Crippen LogP contribution in [0.25, 0.3) is 10.9 Å². The van der Waals surface area contributed by atoms with Gasteiger partial charge in [0, 0.05) is 18.7 Å². The van der Waals surface area contributed by atoms with Gasteiger partial charge in [0.15, 0.2) is 5.11 Å². The van der Waals surface area contributed by atoms with E-state index in [0.717, 1.165) is 22.2 Å². The number of hydrogen-bond acceptors (Lipinski definition) is 4. The van der Waals surface area contributed by atoms with Crippen molar-refractivity contribution >= 4 is 28.2 Å². The van der Waals surface area contributed by atoms with Crippen LogP contribution in [0.5, 0.6) is 0 Å². The zero-order valence-corrected chi connectivity index (χ0v) is 16.0. The minimum Gasteiger partial charge on any atom is -0.467 e. The summed E-state index contributed by atoms with van der Waals surface area (Å²) < 4.78 is 5.31. The van der Waals surface area contributed by atoms with E-state index in [0.29, 0.717) is 36.7 Å². The molecule has 2 heterocycles. The van der Waals surface area contributed by atoms with E-state index in [-0.39, 0.29) is 12.2 Å². The van der Waals surface area contributed by atoms with E-state index < -0.39 is 0 Å². The average Bonchev–Trinajstić information content (AvgIpc) is 3.18. The molecule has 7 heteroatoms. The van der Waals surface area contributed by atoms with Gasteiger partial charge in [0.2, 0.25) is 0 Å². The van der Waals surface area contributed by atoms with Crippen LogP contribution in [0.15, 0.2) is 51.9 Å². The molecule has 0 fully saturated rings. The first kappa shape index (κ1) is 19.1. The van der Waals surface area contributed by atoms with Crippen LogP contribution in [0.3, 0.4) is 0 Å². The van der Waals surface area contributed by atoms with Gasteiger partial charge >= 0.3 is 0 Å². The molecule has 27 heavy (non-hydrogen) atoms. The van der Waals surface area contributed by atoms with Gasteiger partial charge in [-0.2, -0.15) is 0 Å². The first-order chi connectivity index (χ1) is 13.1. The van der Waals surface area contributed by atoms with Crippen molar-refractivity contribution in [2.24, 2.45) is 0 Å². The average molecular weight is 385 g/mol. The summed E-state index contributed by atoms with van der Waals surface area (Å²) in [7, 11) is 0. The number of rotatable bonds is 7. The molecular weight excluding hydrogens is 362 g/mol. The molecule has 1 aromatic carbocycles. The Kier molecular flexibility index (Phi) is 6.26. The molecule has 0 bridgehead atoms. The third-order valence-corrected chi connectivity index (χ3v) is 4.80. The summed E-state index contributed by atoms with van der Waals surface area (Å²) in [4.78, 5) is 17.4. The molecule has 0 spiro atoms. The van der Waals surface area contributed by atoms with Gasteiger partial charge in [-0.3, -0.25) is 4.79 Å². The number of fused-ring (bicyclic) bond motifs is 1. The number of aromatic nitrogens is 1. The molecular formula is C20H23N3O3S. The Balaban J connectivity index is 1.79. The molecule has 0 saturated carbocycles. The van der Waals surface area contributed by atoms with Gasteiger partial charge in [0.25, 0.3) is 5.56 Å². The van der Waals surface area contributed by atoms with Crippen LogP contribution in [0.1, 0.15) is 23.3 Å². The SMILES string of the molecule is Cc1cccc2cc(CN(CCCO)C(=S)NCc3ccco3)c(=O)[nH]c12. The van der Waals surface area contributed by atoms with E-state index in [1.54, 1.807) is 6.26 Å². The normalized spacial score (nSPS) is 10.9. The van der Waals surface area contributed by atoms with Gasteiger partial charge in [-0.25, -0.2) is 0 Å². The molecule has 0 aliphatic carbocycles. The predicted octanol–water partition coefficient (Wildman–Crippen LogP) is 2.69. The molecule has 0 aliphatic rings. The maximum atomic E-state index is 12.6. The summed E-state index contributed by atoms with van der Waals surface area (Å²) >= 11 is 5.50. The number of H-pyrrole nitrogens is 1. The van der Waals surface area contributed by atoms with E-state index in [2.05, 4.69) is 10.3 Å². The standard InChI is InChI=1S/C20H23N3O3S/c1-14-5-2-6-15-11-16(19(25)22-18(14)15)13-23(8-4-9-24)20(27)21-12-17-7-3-10-26-17/h2-3,5-7,10-11,24H,4,8-9,12-13H2,1H3,(H,21,27)(H,22,25). The fourth-order valence-corrected chi connectivity index (χ4v) is 3.18. The van der Waals surface area contributed by atoms with Gasteiger partial charge in [0.05, 0.1) is 24.9 Å². The fourth-order valence-electron chi connectivity index (χ4n) is 2.95. The Morgan fingerprint density at radius 1 is 1.33 bits per heavy atom. The molecule has 0 amide bonds. The molecule has 3 N–H and O–H groups in total. The number of aliphatic hydroxyl groups is 1. The summed E-state index contributed by atoms with van der Waals surface area (Å²) in [5.74, 6) is 0.776. The van der Waals surface area contributed by atoms with Gasteiger partial charge < -0.3 is 24.7 Å². The maximum absolute atomic E-state index is 12.6. The van der Waals surface area contributed by atoms with Gasteiger partial charge in [0.1, 0.15) is 5.76 Å². The maximum Gasteiger partial charge on any atom is 0.253 e. The summed E-state index contributed by atoms with van der Waals surface area (Å²) in [5.41, 5.74) is 2.39. The summed E-state index contributed by atoms with van der Waals surface area (Å²) in [6.45, 7) is 3.41. The van der Waals surface area contributed by atoms with E-state index in [9.17, 15) is 9.90 Å². The molecule has 0 unspecified atom stereocenters. The van der Waals surface area contributed by atoms with Crippen molar-refractivity contribution in [3.05, 3.63) is 69.9 Å². The second kappa shape index (κ2) is 8.83. The van der Waals surface area contributed by atoms with Crippen molar-refractivity contribution in [3.63, 3.8) is 0 Å². The summed E-state index contributed by atoms with van der Waals surface area (Å²) in [6, 6.07) is 11.5. The molecule has 0 atom stereocenters. The third kappa shape index (κ3) is 4.75. The van der Waals surface area contributed by atoms with E-state index in [4.69, 9.17) is 16.6 Å². The number of aliphatic hydroxyl groups excluding tert-OH is 1. The number of thiocarbonyl (C=S) groups is 1. The van der Waals surface area contributed by atoms with E-state index >= 15 is 0 Å². The molecule has 6 nitrogen and oxygen atoms in total. The highest BCUT2D eigenvalue weighted by Gasteiger charge is 2.14. The molecule has 0 saturated heterocycles. The lowest BCUT2D eigenvalue weighted by Crippen LogP contribution is -2.40. The topological polar surface area (TPSA) is 81.5 Å². The number of furan rings is 1. The molecule has 0 aliphatic heterocycles. The molecule has 3 aromatic rings. The van der Waals surface area contributed by atoms with Crippen molar-refractivity contribution in [2.45, 2.75) is 26.4 Å². The molecule has 3 rings (SSSR count). The van der Waals surface area contributed by atoms with Crippen molar-refractivity contribution < 1.29 is 9.52 Å². The Bertz CT molecular complexity index is 966. The number of pyridine rings is 1. The number of benzene rings is 1. The van der Waals surface area contributed by atoms with E-state index in [1.165, 1.54) is 0 Å². The highest BCUT2D eigenvalue weighted by Crippen LogP contribution is 2.16. The second-order valence-electron chi connectivity index (χ2n) is 6.40. The van der Waals surface area contributed by atoms with Crippen LogP contribution >= 0.6 is 12.2 Å². The van der Waals surface area contributed by atoms with Crippen molar-refractivity contribution in [3.8, 4) is 0 Å². The smallest absolute Gasteiger partial charge is 0.253 e. The highest BCUT2D eigenvalue weighted by atomic mass is 32.1. The van der Waals surface area contributed by atoms with Crippen molar-refractivity contribution in [1.82, 2.24) is 15.2 Å². The van der Waals surface area contributed by atoms with Crippen LogP contribution in [0.4, 0.5) is 0 Å². The summed E-state index contributed by atoms with van der Waals surface area (Å²) in [6.07, 6.45) is 2.17. The quantitative estimate of drug-likeness (QED) is 0.543. The van der Waals surface area contributed by atoms with Gasteiger partial charge in [-0.05, 0) is 54.7 Å². The van der Waals surface area contributed by atoms with Crippen molar-refractivity contribution in [1.29, 1.82) is 0 Å². The minimum atomic E-state index is -0.125. The lowest BCUT2D eigenvalue weighted by atomic mass is 10.1. The van der Waals surface area contributed by atoms with Crippen molar-refractivity contribution in [2.75, 3.05) is 13.2 Å². The number of para-hydroxylation sites is 1.